The number of methoxy groups -OCH3 is 2. The molecule has 0 N–H and O–H groups in total. The first-order valence-corrected chi connectivity index (χ1v) is 9.26. The summed E-state index contributed by atoms with van der Waals surface area (Å²) in [5.41, 5.74) is 0.858. The molecule has 0 heterocycles. The van der Waals surface area contributed by atoms with Gasteiger partial charge in [0.05, 0.1) is 20.8 Å². The van der Waals surface area contributed by atoms with E-state index in [0.29, 0.717) is 12.4 Å². The van der Waals surface area contributed by atoms with Crippen molar-refractivity contribution in [2.24, 2.45) is 0 Å². The lowest BCUT2D eigenvalue weighted by Gasteiger charge is -2.19. The maximum Gasteiger partial charge on any atom is 0.246 e. The molecule has 0 bridgehead atoms. The minimum atomic E-state index is -3.74. The molecule has 0 aromatic heterocycles. The molecule has 0 spiro atoms. The summed E-state index contributed by atoms with van der Waals surface area (Å²) < 4.78 is 42.8. The highest BCUT2D eigenvalue weighted by atomic mass is 32.2. The number of nitrogens with zero attached hydrogens (tertiary/aromatic N) is 1. The standard InChI is InChI=1S/C18H23NO5S/c1-5-24-15-8-6-14(7-9-15)13-19(2)25(20,21)18-12-16(22-3)10-11-17(18)23-4/h6-12H,5,13H2,1-4H3. The smallest absolute Gasteiger partial charge is 0.246 e. The van der Waals surface area contributed by atoms with E-state index in [1.807, 2.05) is 31.2 Å². The summed E-state index contributed by atoms with van der Waals surface area (Å²) in [6.45, 7) is 2.73. The SMILES string of the molecule is CCOc1ccc(CN(C)S(=O)(=O)c2cc(OC)ccc2OC)cc1. The van der Waals surface area contributed by atoms with Crippen molar-refractivity contribution < 1.29 is 22.6 Å². The second-order valence-electron chi connectivity index (χ2n) is 5.35. The largest absolute Gasteiger partial charge is 0.497 e. The van der Waals surface area contributed by atoms with Gasteiger partial charge in [-0.05, 0) is 36.8 Å². The third-order valence-corrected chi connectivity index (χ3v) is 5.52. The van der Waals surface area contributed by atoms with E-state index in [1.165, 1.54) is 31.6 Å². The van der Waals surface area contributed by atoms with Crippen LogP contribution in [0.4, 0.5) is 0 Å². The zero-order valence-corrected chi connectivity index (χ0v) is 15.7. The van der Waals surface area contributed by atoms with Crippen LogP contribution in [0, 0.1) is 0 Å². The fourth-order valence-corrected chi connectivity index (χ4v) is 3.68. The zero-order chi connectivity index (χ0) is 18.4. The van der Waals surface area contributed by atoms with E-state index in [2.05, 4.69) is 0 Å². The maximum atomic E-state index is 12.9. The number of hydrogen-bond donors (Lipinski definition) is 0. The molecular weight excluding hydrogens is 342 g/mol. The number of sulfonamides is 1. The maximum absolute atomic E-state index is 12.9. The number of ether oxygens (including phenoxy) is 3. The molecule has 0 saturated heterocycles. The van der Waals surface area contributed by atoms with Gasteiger partial charge in [0, 0.05) is 19.7 Å². The van der Waals surface area contributed by atoms with Crippen LogP contribution in [-0.2, 0) is 16.6 Å². The molecule has 0 fully saturated rings. The monoisotopic (exact) mass is 365 g/mol. The van der Waals surface area contributed by atoms with Gasteiger partial charge in [-0.25, -0.2) is 8.42 Å². The van der Waals surface area contributed by atoms with Crippen molar-refractivity contribution in [1.29, 1.82) is 0 Å². The molecule has 0 aliphatic carbocycles. The van der Waals surface area contributed by atoms with E-state index in [0.717, 1.165) is 11.3 Å². The van der Waals surface area contributed by atoms with E-state index in [9.17, 15) is 8.42 Å². The summed E-state index contributed by atoms with van der Waals surface area (Å²) in [4.78, 5) is 0.0720. The van der Waals surface area contributed by atoms with Crippen molar-refractivity contribution >= 4 is 10.0 Å². The van der Waals surface area contributed by atoms with Gasteiger partial charge in [0.2, 0.25) is 10.0 Å². The Morgan fingerprint density at radius 1 is 0.960 bits per heavy atom. The van der Waals surface area contributed by atoms with E-state index >= 15 is 0 Å². The van der Waals surface area contributed by atoms with Crippen LogP contribution in [0.2, 0.25) is 0 Å². The van der Waals surface area contributed by atoms with Gasteiger partial charge in [-0.2, -0.15) is 4.31 Å². The molecule has 0 aliphatic heterocycles. The molecule has 0 atom stereocenters. The molecule has 0 aliphatic rings. The lowest BCUT2D eigenvalue weighted by atomic mass is 10.2. The fourth-order valence-electron chi connectivity index (χ4n) is 2.35. The lowest BCUT2D eigenvalue weighted by molar-refractivity contribution is 0.340. The second-order valence-corrected chi connectivity index (χ2v) is 7.37. The van der Waals surface area contributed by atoms with Crippen molar-refractivity contribution in [3.8, 4) is 17.2 Å². The third-order valence-electron chi connectivity index (χ3n) is 3.70. The van der Waals surface area contributed by atoms with Gasteiger partial charge in [-0.15, -0.1) is 0 Å². The van der Waals surface area contributed by atoms with E-state index in [1.54, 1.807) is 12.1 Å². The Kier molecular flexibility index (Phi) is 6.27. The number of rotatable bonds is 8. The minimum Gasteiger partial charge on any atom is -0.497 e. The average molecular weight is 365 g/mol. The Labute approximate surface area is 149 Å². The highest BCUT2D eigenvalue weighted by Gasteiger charge is 2.25. The Morgan fingerprint density at radius 3 is 2.16 bits per heavy atom. The van der Waals surface area contributed by atoms with Crippen LogP contribution in [0.3, 0.4) is 0 Å². The van der Waals surface area contributed by atoms with Gasteiger partial charge in [0.15, 0.2) is 0 Å². The molecule has 6 nitrogen and oxygen atoms in total. The molecule has 7 heteroatoms. The van der Waals surface area contributed by atoms with E-state index in [4.69, 9.17) is 14.2 Å². The molecule has 25 heavy (non-hydrogen) atoms. The summed E-state index contributed by atoms with van der Waals surface area (Å²) in [5, 5.41) is 0. The van der Waals surface area contributed by atoms with E-state index in [-0.39, 0.29) is 17.2 Å². The summed E-state index contributed by atoms with van der Waals surface area (Å²) in [5.74, 6) is 1.49. The lowest BCUT2D eigenvalue weighted by Crippen LogP contribution is -2.27. The quantitative estimate of drug-likeness (QED) is 0.720. The van der Waals surface area contributed by atoms with Crippen molar-refractivity contribution in [2.75, 3.05) is 27.9 Å². The van der Waals surface area contributed by atoms with Gasteiger partial charge in [-0.1, -0.05) is 12.1 Å². The second kappa shape index (κ2) is 8.22. The molecular formula is C18H23NO5S. The zero-order valence-electron chi connectivity index (χ0n) is 14.9. The van der Waals surface area contributed by atoms with E-state index < -0.39 is 10.0 Å². The Morgan fingerprint density at radius 2 is 1.60 bits per heavy atom. The molecule has 2 rings (SSSR count). The third kappa shape index (κ3) is 4.43. The molecule has 2 aromatic carbocycles. The minimum absolute atomic E-state index is 0.0720. The van der Waals surface area contributed by atoms with Crippen LogP contribution in [-0.4, -0.2) is 40.6 Å². The summed E-state index contributed by atoms with van der Waals surface area (Å²) >= 11 is 0. The molecule has 0 radical (unpaired) electrons. The average Bonchev–Trinajstić information content (AvgIpc) is 2.62. The first kappa shape index (κ1) is 19.1. The normalized spacial score (nSPS) is 11.4. The number of benzene rings is 2. The first-order valence-electron chi connectivity index (χ1n) is 7.82. The molecule has 0 saturated carbocycles. The van der Waals surface area contributed by atoms with Crippen molar-refractivity contribution in [3.05, 3.63) is 48.0 Å². The van der Waals surface area contributed by atoms with Crippen molar-refractivity contribution in [2.45, 2.75) is 18.4 Å². The highest BCUT2D eigenvalue weighted by Crippen LogP contribution is 2.30. The predicted molar refractivity (Wildman–Crippen MR) is 95.8 cm³/mol. The van der Waals surface area contributed by atoms with Crippen molar-refractivity contribution in [3.63, 3.8) is 0 Å². The van der Waals surface area contributed by atoms with Crippen molar-refractivity contribution in [1.82, 2.24) is 4.31 Å². The van der Waals surface area contributed by atoms with Crippen LogP contribution in [0.5, 0.6) is 17.2 Å². The van der Waals surface area contributed by atoms with Gasteiger partial charge in [-0.3, -0.25) is 0 Å². The summed E-state index contributed by atoms with van der Waals surface area (Å²) in [6, 6.07) is 12.0. The Bertz CT molecular complexity index is 803. The predicted octanol–water partition coefficient (Wildman–Crippen LogP) is 2.92. The van der Waals surface area contributed by atoms with Crippen LogP contribution in [0.25, 0.3) is 0 Å². The van der Waals surface area contributed by atoms with Gasteiger partial charge in [0.1, 0.15) is 22.1 Å². The summed E-state index contributed by atoms with van der Waals surface area (Å²) in [6.07, 6.45) is 0. The fraction of sp³-hybridized carbons (Fsp3) is 0.333. The van der Waals surface area contributed by atoms with Gasteiger partial charge >= 0.3 is 0 Å². The van der Waals surface area contributed by atoms with Gasteiger partial charge < -0.3 is 14.2 Å². The van der Waals surface area contributed by atoms with Crippen LogP contribution in [0.1, 0.15) is 12.5 Å². The first-order chi connectivity index (χ1) is 11.9. The highest BCUT2D eigenvalue weighted by molar-refractivity contribution is 7.89. The van der Waals surface area contributed by atoms with Gasteiger partial charge in [0.25, 0.3) is 0 Å². The Balaban J connectivity index is 2.26. The topological polar surface area (TPSA) is 65.1 Å². The molecule has 2 aromatic rings. The van der Waals surface area contributed by atoms with Crippen LogP contribution < -0.4 is 14.2 Å². The molecule has 0 amide bonds. The molecule has 0 unspecified atom stereocenters. The number of hydrogen-bond acceptors (Lipinski definition) is 5. The van der Waals surface area contributed by atoms with Crippen LogP contribution >= 0.6 is 0 Å². The van der Waals surface area contributed by atoms with Crippen LogP contribution in [0.15, 0.2) is 47.4 Å². The summed E-state index contributed by atoms with van der Waals surface area (Å²) in [7, 11) is 0.722. The Hall–Kier alpha value is -2.25. The molecule has 136 valence electrons.